The lowest BCUT2D eigenvalue weighted by molar-refractivity contribution is -0.137. The maximum Gasteiger partial charge on any atom is 0.420 e. The Hall–Kier alpha value is -2.50. The van der Waals surface area contributed by atoms with Crippen molar-refractivity contribution >= 4 is 22.3 Å². The minimum Gasteiger partial charge on any atom is -0.438 e. The number of pyridine rings is 1. The SMILES string of the molecule is CCn1cc(F)c([S-](=O)=NC(=O)Nc2c3c(nc(C)c2C(F)(F)F)CCC3)n1. The molecule has 0 atom stereocenters. The highest BCUT2D eigenvalue weighted by Crippen LogP contribution is 2.41. The number of anilines is 1. The second-order valence-corrected chi connectivity index (χ2v) is 7.20. The van der Waals surface area contributed by atoms with Crippen molar-refractivity contribution in [3.05, 3.63) is 34.5 Å². The molecule has 0 bridgehead atoms. The third-order valence-electron chi connectivity index (χ3n) is 4.26. The molecule has 0 aromatic carbocycles. The third kappa shape index (κ3) is 3.86. The van der Waals surface area contributed by atoms with Crippen molar-refractivity contribution in [2.24, 2.45) is 4.36 Å². The van der Waals surface area contributed by atoms with E-state index in [1.165, 1.54) is 6.92 Å². The van der Waals surface area contributed by atoms with Crippen molar-refractivity contribution in [1.29, 1.82) is 0 Å². The molecule has 152 valence electrons. The molecule has 2 amide bonds. The summed E-state index contributed by atoms with van der Waals surface area (Å²) >= 11 is 0. The van der Waals surface area contributed by atoms with Gasteiger partial charge in [-0.05, 0) is 38.7 Å². The van der Waals surface area contributed by atoms with E-state index in [4.69, 9.17) is 0 Å². The van der Waals surface area contributed by atoms with Crippen molar-refractivity contribution in [2.45, 2.75) is 50.9 Å². The molecule has 0 aliphatic heterocycles. The summed E-state index contributed by atoms with van der Waals surface area (Å²) in [7, 11) is -2.50. The maximum absolute atomic E-state index is 13.8. The number of nitrogens with one attached hydrogen (secondary N) is 1. The molecule has 2 aromatic rings. The van der Waals surface area contributed by atoms with E-state index in [-0.39, 0.29) is 11.3 Å². The number of nitrogens with zero attached hydrogens (tertiary/aromatic N) is 4. The predicted octanol–water partition coefficient (Wildman–Crippen LogP) is 3.99. The van der Waals surface area contributed by atoms with Gasteiger partial charge in [0.25, 0.3) is 0 Å². The Morgan fingerprint density at radius 1 is 1.39 bits per heavy atom. The van der Waals surface area contributed by atoms with Crippen molar-refractivity contribution in [2.75, 3.05) is 5.32 Å². The van der Waals surface area contributed by atoms with Crippen molar-refractivity contribution in [1.82, 2.24) is 14.8 Å². The summed E-state index contributed by atoms with van der Waals surface area (Å²) < 4.78 is 70.8. The van der Waals surface area contributed by atoms with Crippen LogP contribution in [-0.2, 0) is 40.4 Å². The predicted molar refractivity (Wildman–Crippen MR) is 91.6 cm³/mol. The average molecular weight is 418 g/mol. The van der Waals surface area contributed by atoms with Gasteiger partial charge in [0.2, 0.25) is 0 Å². The number of hydrogen-bond acceptors (Lipinski definition) is 5. The van der Waals surface area contributed by atoms with Crippen LogP contribution in [0.3, 0.4) is 0 Å². The van der Waals surface area contributed by atoms with Gasteiger partial charge in [-0.15, -0.1) is 10.6 Å². The van der Waals surface area contributed by atoms with E-state index in [1.54, 1.807) is 6.92 Å². The smallest absolute Gasteiger partial charge is 0.420 e. The van der Waals surface area contributed by atoms with Gasteiger partial charge < -0.3 is 13.9 Å². The van der Waals surface area contributed by atoms with Crippen LogP contribution in [0.4, 0.5) is 28.0 Å². The molecule has 0 radical (unpaired) electrons. The zero-order chi connectivity index (χ0) is 20.6. The quantitative estimate of drug-likeness (QED) is 0.603. The van der Waals surface area contributed by atoms with Crippen LogP contribution in [0.5, 0.6) is 0 Å². The van der Waals surface area contributed by atoms with E-state index in [1.807, 2.05) is 0 Å². The molecular weight excluding hydrogens is 402 g/mol. The van der Waals surface area contributed by atoms with Crippen LogP contribution in [0, 0.1) is 12.7 Å². The molecule has 0 fully saturated rings. The largest absolute Gasteiger partial charge is 0.438 e. The first kappa shape index (κ1) is 20.2. The van der Waals surface area contributed by atoms with E-state index in [2.05, 4.69) is 19.8 Å². The standard InChI is InChI=1S/C16H16F4N5O2S/c1-3-25-7-10(17)14(23-25)28(27)24-15(26)22-13-9-5-4-6-11(9)21-8(2)12(13)16(18,19)20/h7H,3-6H2,1-2H3,(H,21,22,26)/q-1. The summed E-state index contributed by atoms with van der Waals surface area (Å²) in [5.74, 6) is -0.923. The molecule has 1 aliphatic carbocycles. The normalized spacial score (nSPS) is 14.9. The van der Waals surface area contributed by atoms with E-state index < -0.39 is 44.9 Å². The molecule has 2 heterocycles. The molecule has 7 nitrogen and oxygen atoms in total. The fraction of sp³-hybridized carbons (Fsp3) is 0.438. The monoisotopic (exact) mass is 418 g/mol. The number of halogens is 4. The number of rotatable bonds is 3. The molecule has 0 unspecified atom stereocenters. The highest BCUT2D eigenvalue weighted by molar-refractivity contribution is 7.75. The van der Waals surface area contributed by atoms with Crippen LogP contribution < -0.4 is 5.32 Å². The molecule has 0 spiro atoms. The van der Waals surface area contributed by atoms with Crippen LogP contribution in [0.2, 0.25) is 0 Å². The van der Waals surface area contributed by atoms with Crippen LogP contribution in [-0.4, -0.2) is 20.8 Å². The minimum atomic E-state index is -4.75. The lowest BCUT2D eigenvalue weighted by Gasteiger charge is -2.19. The number of hydrogen-bond donors (Lipinski definition) is 1. The number of fused-ring (bicyclic) bond motifs is 1. The van der Waals surface area contributed by atoms with Gasteiger partial charge in [-0.2, -0.15) is 18.3 Å². The van der Waals surface area contributed by atoms with Crippen molar-refractivity contribution in [3.8, 4) is 0 Å². The number of urea groups is 1. The number of aromatic nitrogens is 3. The highest BCUT2D eigenvalue weighted by Gasteiger charge is 2.39. The summed E-state index contributed by atoms with van der Waals surface area (Å²) in [6.07, 6.45) is -2.33. The van der Waals surface area contributed by atoms with Crippen LogP contribution >= 0.6 is 0 Å². The second-order valence-electron chi connectivity index (χ2n) is 6.13. The Kier molecular flexibility index (Phi) is 5.41. The van der Waals surface area contributed by atoms with E-state index >= 15 is 0 Å². The Morgan fingerprint density at radius 2 is 2.11 bits per heavy atom. The fourth-order valence-corrected chi connectivity index (χ4v) is 3.78. The van der Waals surface area contributed by atoms with Gasteiger partial charge in [-0.3, -0.25) is 9.67 Å². The summed E-state index contributed by atoms with van der Waals surface area (Å²) in [6.45, 7) is 3.19. The molecule has 12 heteroatoms. The zero-order valence-corrected chi connectivity index (χ0v) is 15.7. The van der Waals surface area contributed by atoms with E-state index in [9.17, 15) is 26.6 Å². The van der Waals surface area contributed by atoms with E-state index in [0.29, 0.717) is 31.5 Å². The molecule has 3 rings (SSSR count). The first-order valence-electron chi connectivity index (χ1n) is 8.39. The lowest BCUT2D eigenvalue weighted by Crippen LogP contribution is -2.19. The Labute approximate surface area is 159 Å². The van der Waals surface area contributed by atoms with Gasteiger partial charge in [-0.1, -0.05) is 0 Å². The molecule has 1 N–H and O–H groups in total. The van der Waals surface area contributed by atoms with Gasteiger partial charge in [0.15, 0.2) is 0 Å². The van der Waals surface area contributed by atoms with E-state index in [0.717, 1.165) is 10.9 Å². The first-order chi connectivity index (χ1) is 13.1. The molecule has 2 aromatic heterocycles. The highest BCUT2D eigenvalue weighted by atomic mass is 32.2. The summed E-state index contributed by atoms with van der Waals surface area (Å²) in [5.41, 5.74) is -0.998. The van der Waals surface area contributed by atoms with Crippen LogP contribution in [0.25, 0.3) is 0 Å². The fourth-order valence-electron chi connectivity index (χ4n) is 3.10. The number of aryl methyl sites for hydroxylation is 3. The van der Waals surface area contributed by atoms with Gasteiger partial charge in [0.05, 0.1) is 17.6 Å². The topological polar surface area (TPSA) is 89.2 Å². The minimum absolute atomic E-state index is 0.266. The second kappa shape index (κ2) is 7.49. The van der Waals surface area contributed by atoms with Crippen LogP contribution in [0.1, 0.15) is 35.9 Å². The number of carbonyl (C=O) groups is 1. The van der Waals surface area contributed by atoms with Gasteiger partial charge >= 0.3 is 12.2 Å². The third-order valence-corrected chi connectivity index (χ3v) is 5.20. The summed E-state index contributed by atoms with van der Waals surface area (Å²) in [4.78, 5) is 16.2. The zero-order valence-electron chi connectivity index (χ0n) is 14.9. The van der Waals surface area contributed by atoms with Crippen molar-refractivity contribution < 1.29 is 26.6 Å². The molecule has 0 saturated carbocycles. The van der Waals surface area contributed by atoms with Crippen LogP contribution in [0.15, 0.2) is 15.6 Å². The Morgan fingerprint density at radius 3 is 2.71 bits per heavy atom. The Bertz CT molecular complexity index is 1030. The first-order valence-corrected chi connectivity index (χ1v) is 9.49. The average Bonchev–Trinajstić information content (AvgIpc) is 3.19. The van der Waals surface area contributed by atoms with Crippen molar-refractivity contribution in [3.63, 3.8) is 0 Å². The number of alkyl halides is 3. The van der Waals surface area contributed by atoms with Gasteiger partial charge in [0.1, 0.15) is 11.4 Å². The van der Waals surface area contributed by atoms with Gasteiger partial charge in [-0.25, -0.2) is 9.18 Å². The lowest BCUT2D eigenvalue weighted by atomic mass is 10.0. The Balaban J connectivity index is 1.98. The van der Waals surface area contributed by atoms with Gasteiger partial charge in [0, 0.05) is 17.3 Å². The maximum atomic E-state index is 13.8. The molecule has 28 heavy (non-hydrogen) atoms. The number of amides is 2. The summed E-state index contributed by atoms with van der Waals surface area (Å²) in [6, 6.07) is -1.28. The molecular formula is C16H16F4N5O2S-. The molecule has 1 aliphatic rings. The number of carbonyl (C=O) groups excluding carboxylic acids is 1. The summed E-state index contributed by atoms with van der Waals surface area (Å²) in [5, 5.41) is 5.21. The molecule has 0 saturated heterocycles.